The summed E-state index contributed by atoms with van der Waals surface area (Å²) in [6.07, 6.45) is 0. The van der Waals surface area contributed by atoms with Crippen LogP contribution in [0.2, 0.25) is 0 Å². The standard InChI is InChI=1S/C10H13N3O3S2/c1-7(14)12-10(17)13-9-4-2-8(3-5-9)6-11-18(15)16/h2-5,11H,6H2,1H3,(H,15,16)(H2,12,13,14,17). The maximum absolute atomic E-state index is 10.7. The van der Waals surface area contributed by atoms with Gasteiger partial charge in [-0.3, -0.25) is 9.35 Å². The minimum atomic E-state index is -2.02. The fraction of sp³-hybridized carbons (Fsp3) is 0.200. The molecule has 0 fully saturated rings. The average Bonchev–Trinajstić information content (AvgIpc) is 2.26. The lowest BCUT2D eigenvalue weighted by atomic mass is 10.2. The molecule has 98 valence electrons. The van der Waals surface area contributed by atoms with Crippen LogP contribution in [0.3, 0.4) is 0 Å². The van der Waals surface area contributed by atoms with E-state index in [0.717, 1.165) is 11.3 Å². The van der Waals surface area contributed by atoms with Crippen molar-refractivity contribution in [3.8, 4) is 0 Å². The minimum absolute atomic E-state index is 0.227. The number of rotatable bonds is 4. The zero-order valence-electron chi connectivity index (χ0n) is 9.60. The molecule has 0 aliphatic rings. The molecule has 0 bridgehead atoms. The maximum Gasteiger partial charge on any atom is 0.232 e. The molecule has 1 aromatic carbocycles. The summed E-state index contributed by atoms with van der Waals surface area (Å²) in [6, 6.07) is 7.06. The van der Waals surface area contributed by atoms with E-state index in [1.165, 1.54) is 6.92 Å². The molecule has 1 rings (SSSR count). The normalized spacial score (nSPS) is 11.7. The van der Waals surface area contributed by atoms with E-state index >= 15 is 0 Å². The lowest BCUT2D eigenvalue weighted by Crippen LogP contribution is -2.32. The van der Waals surface area contributed by atoms with E-state index in [2.05, 4.69) is 15.4 Å². The van der Waals surface area contributed by atoms with E-state index in [-0.39, 0.29) is 11.0 Å². The van der Waals surface area contributed by atoms with E-state index in [4.69, 9.17) is 16.8 Å². The molecule has 0 radical (unpaired) electrons. The van der Waals surface area contributed by atoms with Crippen molar-refractivity contribution in [2.75, 3.05) is 5.32 Å². The van der Waals surface area contributed by atoms with Crippen LogP contribution in [-0.2, 0) is 22.6 Å². The summed E-state index contributed by atoms with van der Waals surface area (Å²) in [5, 5.41) is 5.50. The van der Waals surface area contributed by atoms with Crippen molar-refractivity contribution in [2.45, 2.75) is 13.5 Å². The number of amides is 1. The smallest absolute Gasteiger partial charge is 0.232 e. The van der Waals surface area contributed by atoms with Crippen LogP contribution in [0.25, 0.3) is 0 Å². The SMILES string of the molecule is CC(=O)NC(=S)Nc1ccc(CNS(=O)O)cc1. The Bertz CT molecular complexity index is 462. The summed E-state index contributed by atoms with van der Waals surface area (Å²) in [5.41, 5.74) is 1.58. The number of benzene rings is 1. The third-order valence-electron chi connectivity index (χ3n) is 1.90. The largest absolute Gasteiger partial charge is 0.332 e. The Morgan fingerprint density at radius 3 is 2.50 bits per heavy atom. The molecule has 8 heteroatoms. The Morgan fingerprint density at radius 1 is 1.39 bits per heavy atom. The van der Waals surface area contributed by atoms with Crippen molar-refractivity contribution in [2.24, 2.45) is 0 Å². The molecule has 1 amide bonds. The first-order chi connectivity index (χ1) is 8.47. The van der Waals surface area contributed by atoms with E-state index in [9.17, 15) is 9.00 Å². The van der Waals surface area contributed by atoms with Crippen molar-refractivity contribution in [3.05, 3.63) is 29.8 Å². The van der Waals surface area contributed by atoms with Gasteiger partial charge in [-0.1, -0.05) is 12.1 Å². The van der Waals surface area contributed by atoms with Gasteiger partial charge in [-0.2, -0.15) is 0 Å². The van der Waals surface area contributed by atoms with Crippen molar-refractivity contribution < 1.29 is 13.6 Å². The Morgan fingerprint density at radius 2 is 2.00 bits per heavy atom. The number of thiocarbonyl (C=S) groups is 1. The van der Waals surface area contributed by atoms with E-state index in [1.807, 2.05) is 0 Å². The van der Waals surface area contributed by atoms with Crippen LogP contribution in [0, 0.1) is 0 Å². The van der Waals surface area contributed by atoms with E-state index < -0.39 is 11.3 Å². The number of anilines is 1. The highest BCUT2D eigenvalue weighted by molar-refractivity contribution is 7.80. The molecule has 0 aliphatic heterocycles. The van der Waals surface area contributed by atoms with Crippen molar-refractivity contribution in [1.82, 2.24) is 10.0 Å². The molecular weight excluding hydrogens is 274 g/mol. The summed E-state index contributed by atoms with van der Waals surface area (Å²) < 4.78 is 21.4. The van der Waals surface area contributed by atoms with Crippen LogP contribution < -0.4 is 15.4 Å². The Kier molecular flexibility index (Phi) is 5.86. The van der Waals surface area contributed by atoms with E-state index in [0.29, 0.717) is 6.54 Å². The number of carbonyl (C=O) groups is 1. The Balaban J connectivity index is 2.52. The first-order valence-corrected chi connectivity index (χ1v) is 6.51. The highest BCUT2D eigenvalue weighted by Crippen LogP contribution is 2.09. The van der Waals surface area contributed by atoms with Crippen LogP contribution in [0.5, 0.6) is 0 Å². The average molecular weight is 287 g/mol. The predicted molar refractivity (Wildman–Crippen MR) is 74.1 cm³/mol. The van der Waals surface area contributed by atoms with Gasteiger partial charge in [0.15, 0.2) is 5.11 Å². The molecule has 0 spiro atoms. The van der Waals surface area contributed by atoms with Gasteiger partial charge in [0, 0.05) is 19.2 Å². The first-order valence-electron chi connectivity index (χ1n) is 4.99. The Hall–Kier alpha value is -1.35. The zero-order valence-corrected chi connectivity index (χ0v) is 11.2. The molecular formula is C10H13N3O3S2. The molecule has 1 unspecified atom stereocenters. The summed E-state index contributed by atoms with van der Waals surface area (Å²) in [6.45, 7) is 1.66. The van der Waals surface area contributed by atoms with Gasteiger partial charge in [0.25, 0.3) is 0 Å². The molecule has 0 heterocycles. The molecule has 18 heavy (non-hydrogen) atoms. The molecule has 1 atom stereocenters. The van der Waals surface area contributed by atoms with Gasteiger partial charge in [0.2, 0.25) is 17.2 Å². The number of hydrogen-bond acceptors (Lipinski definition) is 3. The van der Waals surface area contributed by atoms with Crippen LogP contribution in [0.15, 0.2) is 24.3 Å². The molecule has 0 aliphatic carbocycles. The van der Waals surface area contributed by atoms with Gasteiger partial charge >= 0.3 is 0 Å². The van der Waals surface area contributed by atoms with Gasteiger partial charge in [-0.25, -0.2) is 8.93 Å². The third kappa shape index (κ3) is 5.82. The molecule has 1 aromatic rings. The van der Waals surface area contributed by atoms with Crippen molar-refractivity contribution in [3.63, 3.8) is 0 Å². The highest BCUT2D eigenvalue weighted by atomic mass is 32.2. The second-order valence-electron chi connectivity index (χ2n) is 3.40. The fourth-order valence-corrected chi connectivity index (χ4v) is 1.72. The van der Waals surface area contributed by atoms with Crippen molar-refractivity contribution in [1.29, 1.82) is 0 Å². The fourth-order valence-electron chi connectivity index (χ4n) is 1.17. The predicted octanol–water partition coefficient (Wildman–Crippen LogP) is 0.746. The second kappa shape index (κ2) is 7.17. The number of carbonyl (C=O) groups excluding carboxylic acids is 1. The quantitative estimate of drug-likeness (QED) is 0.484. The lowest BCUT2D eigenvalue weighted by molar-refractivity contribution is -0.117. The summed E-state index contributed by atoms with van der Waals surface area (Å²) in [5.74, 6) is -0.237. The number of nitrogens with one attached hydrogen (secondary N) is 3. The number of hydrogen-bond donors (Lipinski definition) is 4. The van der Waals surface area contributed by atoms with Gasteiger partial charge < -0.3 is 10.6 Å². The highest BCUT2D eigenvalue weighted by Gasteiger charge is 2.00. The summed E-state index contributed by atoms with van der Waals surface area (Å²) in [7, 11) is 0. The zero-order chi connectivity index (χ0) is 13.5. The monoisotopic (exact) mass is 287 g/mol. The van der Waals surface area contributed by atoms with Crippen LogP contribution >= 0.6 is 12.2 Å². The third-order valence-corrected chi connectivity index (χ3v) is 2.50. The van der Waals surface area contributed by atoms with Gasteiger partial charge in [0.1, 0.15) is 0 Å². The topological polar surface area (TPSA) is 90.5 Å². The maximum atomic E-state index is 10.7. The van der Waals surface area contributed by atoms with E-state index in [1.54, 1.807) is 24.3 Å². The molecule has 4 N–H and O–H groups in total. The van der Waals surface area contributed by atoms with Crippen LogP contribution in [0.1, 0.15) is 12.5 Å². The summed E-state index contributed by atoms with van der Waals surface area (Å²) >= 11 is 2.88. The van der Waals surface area contributed by atoms with Gasteiger partial charge in [0.05, 0.1) is 0 Å². The van der Waals surface area contributed by atoms with Crippen LogP contribution in [0.4, 0.5) is 5.69 Å². The second-order valence-corrected chi connectivity index (χ2v) is 4.60. The molecule has 0 saturated heterocycles. The molecule has 0 aromatic heterocycles. The molecule has 6 nitrogen and oxygen atoms in total. The Labute approximate surface area is 113 Å². The minimum Gasteiger partial charge on any atom is -0.332 e. The van der Waals surface area contributed by atoms with Gasteiger partial charge in [-0.15, -0.1) is 0 Å². The van der Waals surface area contributed by atoms with Crippen molar-refractivity contribution >= 4 is 40.2 Å². The summed E-state index contributed by atoms with van der Waals surface area (Å²) in [4.78, 5) is 10.7. The first kappa shape index (κ1) is 14.7. The van der Waals surface area contributed by atoms with Gasteiger partial charge in [-0.05, 0) is 29.9 Å². The lowest BCUT2D eigenvalue weighted by Gasteiger charge is -2.08. The van der Waals surface area contributed by atoms with Crippen LogP contribution in [-0.4, -0.2) is 19.8 Å². The molecule has 0 saturated carbocycles.